The third-order valence-corrected chi connectivity index (χ3v) is 4.19. The molecule has 1 aromatic carbocycles. The Morgan fingerprint density at radius 3 is 2.73 bits per heavy atom. The molecule has 0 spiro atoms. The summed E-state index contributed by atoms with van der Waals surface area (Å²) >= 11 is 0. The van der Waals surface area contributed by atoms with Crippen molar-refractivity contribution in [2.75, 3.05) is 6.61 Å². The van der Waals surface area contributed by atoms with E-state index in [0.717, 1.165) is 29.7 Å². The molecule has 3 nitrogen and oxygen atoms in total. The molecule has 2 rings (SSSR count). The quantitative estimate of drug-likeness (QED) is 0.545. The highest BCUT2D eigenvalue weighted by atomic mass is 16.6. The molecule has 1 aromatic rings. The topological polar surface area (TPSA) is 35.5 Å². The van der Waals surface area contributed by atoms with Crippen molar-refractivity contribution in [2.45, 2.75) is 52.1 Å². The van der Waals surface area contributed by atoms with Gasteiger partial charge in [0.05, 0.1) is 6.61 Å². The number of benzene rings is 1. The predicted molar refractivity (Wildman–Crippen MR) is 88.8 cm³/mol. The Balaban J connectivity index is 2.17. The Bertz CT molecular complexity index is 521. The standard InChI is InChI=1S/C19H26O3/c1-4-6-7-8-12-16-14(3)15-11-9-10-13-17(15)22-18(16)19(20)21-5-2/h9-11,13,16,18H,3-8,12H2,1-2H3/t16-,18-/m1/s1. The lowest BCUT2D eigenvalue weighted by Gasteiger charge is -2.34. The number of carbonyl (C=O) groups is 1. The Hall–Kier alpha value is -1.77. The molecule has 0 amide bonds. The van der Waals surface area contributed by atoms with Gasteiger partial charge >= 0.3 is 5.97 Å². The van der Waals surface area contributed by atoms with Gasteiger partial charge in [-0.3, -0.25) is 0 Å². The summed E-state index contributed by atoms with van der Waals surface area (Å²) in [7, 11) is 0. The summed E-state index contributed by atoms with van der Waals surface area (Å²) in [5.41, 5.74) is 2.01. The van der Waals surface area contributed by atoms with Crippen molar-refractivity contribution in [1.29, 1.82) is 0 Å². The van der Waals surface area contributed by atoms with Crippen LogP contribution in [0, 0.1) is 5.92 Å². The molecule has 0 aliphatic carbocycles. The monoisotopic (exact) mass is 302 g/mol. The number of fused-ring (bicyclic) bond motifs is 1. The largest absolute Gasteiger partial charge is 0.477 e. The molecule has 0 N–H and O–H groups in total. The minimum absolute atomic E-state index is 0.00538. The van der Waals surface area contributed by atoms with Gasteiger partial charge in [0, 0.05) is 11.5 Å². The Labute approximate surface area is 133 Å². The Morgan fingerprint density at radius 2 is 2.00 bits per heavy atom. The number of carbonyl (C=O) groups excluding carboxylic acids is 1. The molecule has 0 unspecified atom stereocenters. The van der Waals surface area contributed by atoms with Crippen LogP contribution in [0.3, 0.4) is 0 Å². The van der Waals surface area contributed by atoms with Crippen molar-refractivity contribution in [3.8, 4) is 5.75 Å². The first-order chi connectivity index (χ1) is 10.7. The Kier molecular flexibility index (Phi) is 6.05. The highest BCUT2D eigenvalue weighted by Crippen LogP contribution is 2.41. The van der Waals surface area contributed by atoms with E-state index in [1.54, 1.807) is 0 Å². The number of hydrogen-bond acceptors (Lipinski definition) is 3. The molecule has 0 fully saturated rings. The van der Waals surface area contributed by atoms with Gasteiger partial charge in [-0.25, -0.2) is 4.79 Å². The molecule has 1 aliphatic heterocycles. The van der Waals surface area contributed by atoms with E-state index in [4.69, 9.17) is 9.47 Å². The zero-order valence-electron chi connectivity index (χ0n) is 13.6. The number of para-hydroxylation sites is 1. The van der Waals surface area contributed by atoms with Crippen molar-refractivity contribution in [2.24, 2.45) is 5.92 Å². The summed E-state index contributed by atoms with van der Waals surface area (Å²) in [6.45, 7) is 8.63. The number of ether oxygens (including phenoxy) is 2. The van der Waals surface area contributed by atoms with Crippen LogP contribution in [0.25, 0.3) is 5.57 Å². The molecule has 0 radical (unpaired) electrons. The summed E-state index contributed by atoms with van der Waals surface area (Å²) < 4.78 is 11.1. The molecule has 0 saturated carbocycles. The van der Waals surface area contributed by atoms with E-state index in [9.17, 15) is 4.79 Å². The molecule has 2 atom stereocenters. The van der Waals surface area contributed by atoms with E-state index in [1.165, 1.54) is 19.3 Å². The van der Waals surface area contributed by atoms with Crippen LogP contribution in [0.2, 0.25) is 0 Å². The summed E-state index contributed by atoms with van der Waals surface area (Å²) in [5, 5.41) is 0. The van der Waals surface area contributed by atoms with E-state index in [-0.39, 0.29) is 11.9 Å². The van der Waals surface area contributed by atoms with Gasteiger partial charge in [-0.2, -0.15) is 0 Å². The maximum atomic E-state index is 12.3. The molecular weight excluding hydrogens is 276 g/mol. The average molecular weight is 302 g/mol. The van der Waals surface area contributed by atoms with Gasteiger partial charge in [0.1, 0.15) is 5.75 Å². The molecule has 1 heterocycles. The number of hydrogen-bond donors (Lipinski definition) is 0. The maximum absolute atomic E-state index is 12.3. The molecule has 120 valence electrons. The van der Waals surface area contributed by atoms with Gasteiger partial charge in [0.2, 0.25) is 6.10 Å². The maximum Gasteiger partial charge on any atom is 0.347 e. The van der Waals surface area contributed by atoms with E-state index >= 15 is 0 Å². The van der Waals surface area contributed by atoms with Crippen molar-refractivity contribution in [3.05, 3.63) is 36.4 Å². The minimum Gasteiger partial charge on any atom is -0.477 e. The molecule has 0 bridgehead atoms. The normalized spacial score (nSPS) is 20.2. The number of rotatable bonds is 7. The lowest BCUT2D eigenvalue weighted by Crippen LogP contribution is -2.40. The molecule has 0 aromatic heterocycles. The van der Waals surface area contributed by atoms with Crippen LogP contribution >= 0.6 is 0 Å². The molecule has 1 aliphatic rings. The van der Waals surface area contributed by atoms with Crippen LogP contribution in [0.1, 0.15) is 51.5 Å². The first-order valence-electron chi connectivity index (χ1n) is 8.30. The van der Waals surface area contributed by atoms with E-state index in [2.05, 4.69) is 13.5 Å². The zero-order valence-corrected chi connectivity index (χ0v) is 13.6. The van der Waals surface area contributed by atoms with Crippen molar-refractivity contribution in [3.63, 3.8) is 0 Å². The first kappa shape index (κ1) is 16.6. The predicted octanol–water partition coefficient (Wildman–Crippen LogP) is 4.61. The zero-order chi connectivity index (χ0) is 15.9. The third kappa shape index (κ3) is 3.70. The molecule has 0 saturated heterocycles. The van der Waals surface area contributed by atoms with Gasteiger partial charge < -0.3 is 9.47 Å². The second kappa shape index (κ2) is 8.02. The van der Waals surface area contributed by atoms with Crippen LogP contribution in [0.4, 0.5) is 0 Å². The fourth-order valence-corrected chi connectivity index (χ4v) is 2.99. The molecule has 3 heteroatoms. The highest BCUT2D eigenvalue weighted by Gasteiger charge is 2.38. The number of esters is 1. The summed E-state index contributed by atoms with van der Waals surface area (Å²) in [5.74, 6) is 0.458. The highest BCUT2D eigenvalue weighted by molar-refractivity contribution is 5.83. The van der Waals surface area contributed by atoms with Gasteiger partial charge in [0.25, 0.3) is 0 Å². The van der Waals surface area contributed by atoms with Gasteiger partial charge in [0.15, 0.2) is 0 Å². The SMILES string of the molecule is C=C1c2ccccc2O[C@@H](C(=O)OCC)[C@@H]1CCCCCC. The van der Waals surface area contributed by atoms with Gasteiger partial charge in [-0.15, -0.1) is 0 Å². The molecule has 22 heavy (non-hydrogen) atoms. The van der Waals surface area contributed by atoms with E-state index in [0.29, 0.717) is 6.61 Å². The summed E-state index contributed by atoms with van der Waals surface area (Å²) in [6, 6.07) is 7.79. The summed E-state index contributed by atoms with van der Waals surface area (Å²) in [6.07, 6.45) is 5.03. The first-order valence-corrected chi connectivity index (χ1v) is 8.30. The van der Waals surface area contributed by atoms with Crippen LogP contribution in [-0.2, 0) is 9.53 Å². The average Bonchev–Trinajstić information content (AvgIpc) is 2.53. The third-order valence-electron chi connectivity index (χ3n) is 4.19. The second-order valence-corrected chi connectivity index (χ2v) is 5.77. The van der Waals surface area contributed by atoms with Crippen LogP contribution in [0.15, 0.2) is 30.8 Å². The fraction of sp³-hybridized carbons (Fsp3) is 0.526. The lowest BCUT2D eigenvalue weighted by molar-refractivity contribution is -0.153. The van der Waals surface area contributed by atoms with Gasteiger partial charge in [-0.1, -0.05) is 57.4 Å². The van der Waals surface area contributed by atoms with Crippen molar-refractivity contribution in [1.82, 2.24) is 0 Å². The number of unbranched alkanes of at least 4 members (excludes halogenated alkanes) is 3. The van der Waals surface area contributed by atoms with Crippen LogP contribution in [0.5, 0.6) is 5.75 Å². The fourth-order valence-electron chi connectivity index (χ4n) is 2.99. The smallest absolute Gasteiger partial charge is 0.347 e. The minimum atomic E-state index is -0.566. The summed E-state index contributed by atoms with van der Waals surface area (Å²) in [4.78, 5) is 12.3. The van der Waals surface area contributed by atoms with Crippen LogP contribution in [-0.4, -0.2) is 18.7 Å². The Morgan fingerprint density at radius 1 is 1.23 bits per heavy atom. The van der Waals surface area contributed by atoms with E-state index in [1.807, 2.05) is 31.2 Å². The lowest BCUT2D eigenvalue weighted by atomic mass is 9.82. The van der Waals surface area contributed by atoms with Crippen LogP contribution < -0.4 is 4.74 Å². The molecular formula is C19H26O3. The second-order valence-electron chi connectivity index (χ2n) is 5.77. The van der Waals surface area contributed by atoms with Crippen molar-refractivity contribution < 1.29 is 14.3 Å². The van der Waals surface area contributed by atoms with Crippen molar-refractivity contribution >= 4 is 11.5 Å². The van der Waals surface area contributed by atoms with Gasteiger partial charge in [-0.05, 0) is 25.0 Å². The van der Waals surface area contributed by atoms with E-state index < -0.39 is 6.10 Å².